The molecule has 17 heavy (non-hydrogen) atoms. The smallest absolute Gasteiger partial charge is 0.222 e. The number of carbonyl (C=O) groups excluding carboxylic acids is 1. The summed E-state index contributed by atoms with van der Waals surface area (Å²) in [5.41, 5.74) is 1.24. The molecule has 0 atom stereocenters. The molecule has 2 heterocycles. The molecule has 0 N–H and O–H groups in total. The van der Waals surface area contributed by atoms with Crippen molar-refractivity contribution < 1.29 is 4.79 Å². The number of carbonyl (C=O) groups is 1. The van der Waals surface area contributed by atoms with Gasteiger partial charge in [0, 0.05) is 58.0 Å². The van der Waals surface area contributed by atoms with Gasteiger partial charge in [-0.3, -0.25) is 14.4 Å². The lowest BCUT2D eigenvalue weighted by atomic mass is 10.2. The minimum absolute atomic E-state index is 0.269. The Morgan fingerprint density at radius 1 is 1.35 bits per heavy atom. The molecule has 0 aromatic carbocycles. The molecule has 1 aliphatic rings. The van der Waals surface area contributed by atoms with Gasteiger partial charge in [0.15, 0.2) is 0 Å². The van der Waals surface area contributed by atoms with Crippen LogP contribution in [-0.4, -0.2) is 51.7 Å². The number of nitrogens with zero attached hydrogens (tertiary/aromatic N) is 4. The number of aryl methyl sites for hydroxylation is 1. The van der Waals surface area contributed by atoms with Gasteiger partial charge >= 0.3 is 0 Å². The number of amides is 1. The molecule has 1 aromatic rings. The van der Waals surface area contributed by atoms with Crippen molar-refractivity contribution in [3.63, 3.8) is 0 Å². The van der Waals surface area contributed by atoms with E-state index >= 15 is 0 Å². The zero-order valence-electron chi connectivity index (χ0n) is 10.6. The average molecular weight is 236 g/mol. The predicted molar refractivity (Wildman–Crippen MR) is 65.4 cm³/mol. The summed E-state index contributed by atoms with van der Waals surface area (Å²) >= 11 is 0. The van der Waals surface area contributed by atoms with E-state index in [1.165, 1.54) is 5.56 Å². The maximum absolute atomic E-state index is 11.5. The molecule has 0 saturated carbocycles. The molecule has 94 valence electrons. The second-order valence-corrected chi connectivity index (χ2v) is 4.53. The molecular formula is C12H20N4O. The van der Waals surface area contributed by atoms with Crippen LogP contribution in [0, 0.1) is 0 Å². The molecule has 5 heteroatoms. The van der Waals surface area contributed by atoms with Crippen LogP contribution in [0.1, 0.15) is 18.9 Å². The lowest BCUT2D eigenvalue weighted by Gasteiger charge is -2.34. The third kappa shape index (κ3) is 3.06. The molecule has 0 radical (unpaired) electrons. The summed E-state index contributed by atoms with van der Waals surface area (Å²) in [4.78, 5) is 15.9. The van der Waals surface area contributed by atoms with Crippen LogP contribution in [0.5, 0.6) is 0 Å². The number of hydrogen-bond acceptors (Lipinski definition) is 3. The predicted octanol–water partition coefficient (Wildman–Crippen LogP) is 0.474. The van der Waals surface area contributed by atoms with Crippen molar-refractivity contribution in [2.75, 3.05) is 26.2 Å². The molecule has 2 rings (SSSR count). The van der Waals surface area contributed by atoms with Crippen LogP contribution in [0.4, 0.5) is 0 Å². The van der Waals surface area contributed by atoms with Gasteiger partial charge in [-0.15, -0.1) is 0 Å². The fraction of sp³-hybridized carbons (Fsp3) is 0.667. The average Bonchev–Trinajstić information content (AvgIpc) is 2.75. The first-order valence-electron chi connectivity index (χ1n) is 6.16. The summed E-state index contributed by atoms with van der Waals surface area (Å²) in [7, 11) is 1.93. The van der Waals surface area contributed by atoms with E-state index in [4.69, 9.17) is 0 Å². The third-order valence-electron chi connectivity index (χ3n) is 3.19. The maximum atomic E-state index is 11.5. The van der Waals surface area contributed by atoms with Crippen molar-refractivity contribution in [3.05, 3.63) is 18.0 Å². The van der Waals surface area contributed by atoms with E-state index in [1.807, 2.05) is 35.9 Å². The van der Waals surface area contributed by atoms with Crippen LogP contribution in [0.2, 0.25) is 0 Å². The lowest BCUT2D eigenvalue weighted by Crippen LogP contribution is -2.48. The molecule has 1 saturated heterocycles. The van der Waals surface area contributed by atoms with Crippen molar-refractivity contribution in [1.82, 2.24) is 19.6 Å². The minimum Gasteiger partial charge on any atom is -0.340 e. The van der Waals surface area contributed by atoms with E-state index in [0.717, 1.165) is 32.7 Å². The molecular weight excluding hydrogens is 216 g/mol. The molecule has 0 aliphatic carbocycles. The van der Waals surface area contributed by atoms with Gasteiger partial charge in [0.2, 0.25) is 5.91 Å². The van der Waals surface area contributed by atoms with Crippen LogP contribution in [0.3, 0.4) is 0 Å². The summed E-state index contributed by atoms with van der Waals surface area (Å²) in [6.45, 7) is 6.48. The Morgan fingerprint density at radius 3 is 2.59 bits per heavy atom. The van der Waals surface area contributed by atoms with E-state index in [1.54, 1.807) is 0 Å². The zero-order chi connectivity index (χ0) is 12.3. The SMILES string of the molecule is CCC(=O)N1CCN(Cc2cnn(C)c2)CC1. The first-order valence-corrected chi connectivity index (χ1v) is 6.16. The van der Waals surface area contributed by atoms with E-state index in [-0.39, 0.29) is 5.91 Å². The highest BCUT2D eigenvalue weighted by Crippen LogP contribution is 2.08. The van der Waals surface area contributed by atoms with Gasteiger partial charge in [-0.05, 0) is 0 Å². The van der Waals surface area contributed by atoms with E-state index in [2.05, 4.69) is 10.00 Å². The Bertz CT molecular complexity index is 380. The second kappa shape index (κ2) is 5.31. The third-order valence-corrected chi connectivity index (χ3v) is 3.19. The number of rotatable bonds is 3. The van der Waals surface area contributed by atoms with Crippen LogP contribution < -0.4 is 0 Å². The van der Waals surface area contributed by atoms with Crippen LogP contribution in [-0.2, 0) is 18.4 Å². The van der Waals surface area contributed by atoms with Gasteiger partial charge < -0.3 is 4.90 Å². The van der Waals surface area contributed by atoms with Crippen molar-refractivity contribution in [1.29, 1.82) is 0 Å². The summed E-state index contributed by atoms with van der Waals surface area (Å²) in [6.07, 6.45) is 4.57. The first kappa shape index (κ1) is 12.1. The fourth-order valence-electron chi connectivity index (χ4n) is 2.19. The fourth-order valence-corrected chi connectivity index (χ4v) is 2.19. The highest BCUT2D eigenvalue weighted by atomic mass is 16.2. The number of hydrogen-bond donors (Lipinski definition) is 0. The summed E-state index contributed by atoms with van der Waals surface area (Å²) in [6, 6.07) is 0. The van der Waals surface area contributed by atoms with Crippen molar-refractivity contribution in [3.8, 4) is 0 Å². The van der Waals surface area contributed by atoms with Gasteiger partial charge in [-0.1, -0.05) is 6.92 Å². The Kier molecular flexibility index (Phi) is 3.78. The monoisotopic (exact) mass is 236 g/mol. The van der Waals surface area contributed by atoms with E-state index in [9.17, 15) is 4.79 Å². The molecule has 0 spiro atoms. The topological polar surface area (TPSA) is 41.4 Å². The molecule has 1 amide bonds. The van der Waals surface area contributed by atoms with Crippen LogP contribution in [0.15, 0.2) is 12.4 Å². The zero-order valence-corrected chi connectivity index (χ0v) is 10.6. The molecule has 1 aromatic heterocycles. The normalized spacial score (nSPS) is 17.4. The molecule has 1 fully saturated rings. The Morgan fingerprint density at radius 2 is 2.06 bits per heavy atom. The quantitative estimate of drug-likeness (QED) is 0.766. The second-order valence-electron chi connectivity index (χ2n) is 4.53. The Hall–Kier alpha value is -1.36. The van der Waals surface area contributed by atoms with Gasteiger partial charge in [0.25, 0.3) is 0 Å². The van der Waals surface area contributed by atoms with Crippen LogP contribution >= 0.6 is 0 Å². The number of piperazine rings is 1. The van der Waals surface area contributed by atoms with Crippen molar-refractivity contribution in [2.45, 2.75) is 19.9 Å². The highest BCUT2D eigenvalue weighted by Gasteiger charge is 2.19. The molecule has 0 bridgehead atoms. The minimum atomic E-state index is 0.269. The summed E-state index contributed by atoms with van der Waals surface area (Å²) in [5.74, 6) is 0.269. The first-order chi connectivity index (χ1) is 8.19. The number of aromatic nitrogens is 2. The lowest BCUT2D eigenvalue weighted by molar-refractivity contribution is -0.132. The largest absolute Gasteiger partial charge is 0.340 e. The Labute approximate surface area is 102 Å². The molecule has 1 aliphatic heterocycles. The standard InChI is InChI=1S/C12H20N4O/c1-3-12(17)16-6-4-15(5-7-16)10-11-8-13-14(2)9-11/h8-9H,3-7,10H2,1-2H3. The summed E-state index contributed by atoms with van der Waals surface area (Å²) in [5, 5.41) is 4.16. The molecule has 0 unspecified atom stereocenters. The van der Waals surface area contributed by atoms with Gasteiger partial charge in [-0.25, -0.2) is 0 Å². The van der Waals surface area contributed by atoms with Gasteiger partial charge in [0.1, 0.15) is 0 Å². The maximum Gasteiger partial charge on any atom is 0.222 e. The Balaban J connectivity index is 1.81. The van der Waals surface area contributed by atoms with Gasteiger partial charge in [0.05, 0.1) is 6.20 Å². The molecule has 5 nitrogen and oxygen atoms in total. The van der Waals surface area contributed by atoms with Crippen LogP contribution in [0.25, 0.3) is 0 Å². The highest BCUT2D eigenvalue weighted by molar-refractivity contribution is 5.75. The summed E-state index contributed by atoms with van der Waals surface area (Å²) < 4.78 is 1.83. The van der Waals surface area contributed by atoms with Crippen molar-refractivity contribution >= 4 is 5.91 Å². The van der Waals surface area contributed by atoms with Crippen molar-refractivity contribution in [2.24, 2.45) is 7.05 Å². The van der Waals surface area contributed by atoms with Gasteiger partial charge in [-0.2, -0.15) is 5.10 Å². The van der Waals surface area contributed by atoms with E-state index in [0.29, 0.717) is 6.42 Å². The van der Waals surface area contributed by atoms with E-state index < -0.39 is 0 Å².